The molecule has 0 saturated carbocycles. The Kier molecular flexibility index (Phi) is 8.47. The second-order valence-electron chi connectivity index (χ2n) is 9.50. The molecule has 2 aromatic rings. The number of carboxylic acids is 1. The first-order valence-electron chi connectivity index (χ1n) is 12.0. The molecule has 34 heavy (non-hydrogen) atoms. The van der Waals surface area contributed by atoms with Crippen LogP contribution in [0.4, 0.5) is 5.69 Å². The number of amides is 1. The molecule has 1 heterocycles. The summed E-state index contributed by atoms with van der Waals surface area (Å²) in [6, 6.07) is 18.1. The molecular formula is C27H36N2O5. The zero-order chi connectivity index (χ0) is 24.8. The van der Waals surface area contributed by atoms with E-state index in [-0.39, 0.29) is 18.9 Å². The molecule has 184 valence electrons. The van der Waals surface area contributed by atoms with Crippen molar-refractivity contribution in [3.05, 3.63) is 66.2 Å². The van der Waals surface area contributed by atoms with Crippen LogP contribution >= 0.6 is 0 Å². The summed E-state index contributed by atoms with van der Waals surface area (Å²) in [4.78, 5) is 26.2. The molecule has 3 rings (SSSR count). The molecule has 0 spiro atoms. The van der Waals surface area contributed by atoms with Gasteiger partial charge in [0.1, 0.15) is 17.2 Å². The van der Waals surface area contributed by atoms with Crippen molar-refractivity contribution < 1.29 is 24.9 Å². The van der Waals surface area contributed by atoms with Crippen LogP contribution in [0.25, 0.3) is 0 Å². The second kappa shape index (κ2) is 11.1. The fraction of sp³-hybridized carbons (Fsp3) is 0.481. The maximum Gasteiger partial charge on any atom is 0.303 e. The van der Waals surface area contributed by atoms with Gasteiger partial charge in [-0.2, -0.15) is 0 Å². The minimum atomic E-state index is -1.58. The topological polar surface area (TPSA) is 110 Å². The van der Waals surface area contributed by atoms with Gasteiger partial charge in [0.05, 0.1) is 0 Å². The van der Waals surface area contributed by atoms with Crippen molar-refractivity contribution in [3.63, 3.8) is 0 Å². The lowest BCUT2D eigenvalue weighted by Gasteiger charge is -2.41. The van der Waals surface area contributed by atoms with E-state index in [0.29, 0.717) is 24.2 Å². The van der Waals surface area contributed by atoms with Gasteiger partial charge in [-0.15, -0.1) is 0 Å². The van der Waals surface area contributed by atoms with Crippen molar-refractivity contribution in [1.29, 1.82) is 0 Å². The lowest BCUT2D eigenvalue weighted by molar-refractivity contribution is -0.169. The van der Waals surface area contributed by atoms with Crippen molar-refractivity contribution in [1.82, 2.24) is 4.90 Å². The molecule has 1 aliphatic heterocycles. The smallest absolute Gasteiger partial charge is 0.303 e. The summed E-state index contributed by atoms with van der Waals surface area (Å²) < 4.78 is 0. The average Bonchev–Trinajstić information content (AvgIpc) is 3.05. The lowest BCUT2D eigenvalue weighted by Crippen LogP contribution is -2.57. The van der Waals surface area contributed by atoms with Crippen LogP contribution in [0.1, 0.15) is 51.5 Å². The number of carboxylic acid groups (broad SMARTS) is 1. The number of β-amino-alcohol motifs (C(OH)–C–C–N with tert-alkyl or cyclic N) is 1. The van der Waals surface area contributed by atoms with Gasteiger partial charge in [-0.3, -0.25) is 14.5 Å². The summed E-state index contributed by atoms with van der Waals surface area (Å²) in [5, 5.41) is 35.7. The van der Waals surface area contributed by atoms with Gasteiger partial charge >= 0.3 is 5.97 Å². The molecule has 1 saturated heterocycles. The predicted octanol–water partition coefficient (Wildman–Crippen LogP) is 3.82. The molecule has 0 radical (unpaired) electrons. The Morgan fingerprint density at radius 1 is 0.971 bits per heavy atom. The van der Waals surface area contributed by atoms with Crippen molar-refractivity contribution in [2.45, 2.75) is 57.3 Å². The van der Waals surface area contributed by atoms with Gasteiger partial charge in [0.2, 0.25) is 5.91 Å². The Labute approximate surface area is 201 Å². The number of nitrogens with one attached hydrogen (secondary N) is 1. The van der Waals surface area contributed by atoms with E-state index in [9.17, 15) is 19.8 Å². The van der Waals surface area contributed by atoms with Crippen LogP contribution in [0.5, 0.6) is 0 Å². The van der Waals surface area contributed by atoms with Gasteiger partial charge in [0.25, 0.3) is 0 Å². The SMILES string of the molecule is CC(C)C1(O)C(C(=O)Nc2ccccc2)C(O)(c2ccccc2)CN1CCCCCCC(=O)O. The first kappa shape index (κ1) is 25.9. The fourth-order valence-electron chi connectivity index (χ4n) is 5.06. The number of anilines is 1. The highest BCUT2D eigenvalue weighted by Gasteiger charge is 2.65. The number of likely N-dealkylation sites (tertiary alicyclic amines) is 1. The third-order valence-electron chi connectivity index (χ3n) is 6.84. The van der Waals surface area contributed by atoms with Crippen LogP contribution in [0.2, 0.25) is 0 Å². The van der Waals surface area contributed by atoms with Crippen molar-refractivity contribution in [2.75, 3.05) is 18.4 Å². The normalized spacial score (nSPS) is 24.9. The summed E-state index contributed by atoms with van der Waals surface area (Å²) in [5.41, 5.74) is -1.95. The molecule has 1 fully saturated rings. The third-order valence-corrected chi connectivity index (χ3v) is 6.84. The van der Waals surface area contributed by atoms with E-state index in [2.05, 4.69) is 5.32 Å². The van der Waals surface area contributed by atoms with Crippen molar-refractivity contribution >= 4 is 17.6 Å². The quantitative estimate of drug-likeness (QED) is 0.373. The molecule has 0 aliphatic carbocycles. The monoisotopic (exact) mass is 468 g/mol. The molecule has 2 aromatic carbocycles. The molecule has 0 bridgehead atoms. The molecule has 4 N–H and O–H groups in total. The van der Waals surface area contributed by atoms with Gasteiger partial charge in [0.15, 0.2) is 0 Å². The van der Waals surface area contributed by atoms with Crippen LogP contribution < -0.4 is 5.32 Å². The summed E-state index contributed by atoms with van der Waals surface area (Å²) in [6.07, 6.45) is 3.07. The van der Waals surface area contributed by atoms with Crippen LogP contribution in [0.15, 0.2) is 60.7 Å². The van der Waals surface area contributed by atoms with Crippen LogP contribution in [0.3, 0.4) is 0 Å². The van der Waals surface area contributed by atoms with Gasteiger partial charge < -0.3 is 20.6 Å². The number of para-hydroxylation sites is 1. The summed E-state index contributed by atoms with van der Waals surface area (Å²) in [6.45, 7) is 4.33. The zero-order valence-electron chi connectivity index (χ0n) is 20.0. The van der Waals surface area contributed by atoms with E-state index >= 15 is 0 Å². The average molecular weight is 469 g/mol. The maximum absolute atomic E-state index is 13.6. The third kappa shape index (κ3) is 5.49. The van der Waals surface area contributed by atoms with Gasteiger partial charge in [-0.25, -0.2) is 0 Å². The number of unbranched alkanes of at least 4 members (excludes halogenated alkanes) is 3. The molecule has 1 amide bonds. The standard InChI is InChI=1S/C27H36N2O5/c1-20(2)27(34)24(25(32)28-22-15-9-6-10-16-22)26(33,21-13-7-5-8-14-21)19-29(27)18-12-4-3-11-17-23(30)31/h5-10,13-16,20,24,33-34H,3-4,11-12,17-19H2,1-2H3,(H,28,32)(H,30,31). The van der Waals surface area contributed by atoms with E-state index in [4.69, 9.17) is 5.11 Å². The zero-order valence-corrected chi connectivity index (χ0v) is 20.0. The van der Waals surface area contributed by atoms with Crippen LogP contribution in [-0.2, 0) is 15.2 Å². The molecule has 3 unspecified atom stereocenters. The maximum atomic E-state index is 13.6. The number of carbonyl (C=O) groups excluding carboxylic acids is 1. The van der Waals surface area contributed by atoms with Gasteiger partial charge in [-0.05, 0) is 36.5 Å². The summed E-state index contributed by atoms with van der Waals surface area (Å²) in [5.74, 6) is -2.68. The Morgan fingerprint density at radius 2 is 1.56 bits per heavy atom. The van der Waals surface area contributed by atoms with E-state index in [1.807, 2.05) is 55.1 Å². The predicted molar refractivity (Wildman–Crippen MR) is 131 cm³/mol. The number of nitrogens with zero attached hydrogens (tertiary/aromatic N) is 1. The highest BCUT2D eigenvalue weighted by Crippen LogP contribution is 2.49. The largest absolute Gasteiger partial charge is 0.481 e. The van der Waals surface area contributed by atoms with Crippen LogP contribution in [-0.4, -0.2) is 50.9 Å². The molecule has 3 atom stereocenters. The minimum Gasteiger partial charge on any atom is -0.481 e. The fourth-order valence-corrected chi connectivity index (χ4v) is 5.06. The molecule has 7 nitrogen and oxygen atoms in total. The summed E-state index contributed by atoms with van der Waals surface area (Å²) in [7, 11) is 0. The Hall–Kier alpha value is -2.74. The van der Waals surface area contributed by atoms with Crippen molar-refractivity contribution in [2.24, 2.45) is 11.8 Å². The lowest BCUT2D eigenvalue weighted by atomic mass is 9.75. The Bertz CT molecular complexity index is 952. The van der Waals surface area contributed by atoms with Crippen LogP contribution in [0, 0.1) is 11.8 Å². The Morgan fingerprint density at radius 3 is 2.15 bits per heavy atom. The molecule has 0 aromatic heterocycles. The number of hydrogen-bond acceptors (Lipinski definition) is 5. The molecule has 7 heteroatoms. The number of aliphatic hydroxyl groups is 2. The number of aliphatic carboxylic acids is 1. The first-order chi connectivity index (χ1) is 16.2. The minimum absolute atomic E-state index is 0.119. The Balaban J connectivity index is 1.88. The number of hydrogen-bond donors (Lipinski definition) is 4. The molecule has 1 aliphatic rings. The highest BCUT2D eigenvalue weighted by atomic mass is 16.4. The van der Waals surface area contributed by atoms with Crippen molar-refractivity contribution in [3.8, 4) is 0 Å². The number of benzene rings is 2. The second-order valence-corrected chi connectivity index (χ2v) is 9.50. The van der Waals surface area contributed by atoms with E-state index in [0.717, 1.165) is 19.3 Å². The number of rotatable bonds is 11. The van der Waals surface area contributed by atoms with Gasteiger partial charge in [-0.1, -0.05) is 75.2 Å². The van der Waals surface area contributed by atoms with E-state index < -0.39 is 29.1 Å². The van der Waals surface area contributed by atoms with E-state index in [1.54, 1.807) is 24.3 Å². The first-order valence-corrected chi connectivity index (χ1v) is 12.0. The number of carbonyl (C=O) groups is 2. The van der Waals surface area contributed by atoms with E-state index in [1.165, 1.54) is 0 Å². The highest BCUT2D eigenvalue weighted by molar-refractivity contribution is 5.94. The van der Waals surface area contributed by atoms with Gasteiger partial charge in [0, 0.05) is 25.2 Å². The molecular weight excluding hydrogens is 432 g/mol. The summed E-state index contributed by atoms with van der Waals surface area (Å²) >= 11 is 0.